The summed E-state index contributed by atoms with van der Waals surface area (Å²) in [6, 6.07) is 0.138. The zero-order valence-corrected chi connectivity index (χ0v) is 7.00. The van der Waals surface area contributed by atoms with E-state index in [4.69, 9.17) is 0 Å². The van der Waals surface area contributed by atoms with Gasteiger partial charge in [0.25, 0.3) is 0 Å². The van der Waals surface area contributed by atoms with Crippen molar-refractivity contribution < 1.29 is 4.79 Å². The fraction of sp³-hybridized carbons (Fsp3) is 0.444. The van der Waals surface area contributed by atoms with Crippen LogP contribution >= 0.6 is 0 Å². The number of allylic oxidation sites excluding steroid dienone is 2. The zero-order valence-electron chi connectivity index (χ0n) is 7.00. The molecule has 0 bridgehead atoms. The van der Waals surface area contributed by atoms with Gasteiger partial charge in [-0.15, -0.1) is 0 Å². The number of hydrogen-bond acceptors (Lipinski definition) is 1. The van der Waals surface area contributed by atoms with E-state index >= 15 is 0 Å². The van der Waals surface area contributed by atoms with Crippen molar-refractivity contribution in [3.05, 3.63) is 23.8 Å². The second-order valence-electron chi connectivity index (χ2n) is 3.31. The molecule has 2 N–H and O–H groups in total. The Morgan fingerprint density at radius 2 is 2.42 bits per heavy atom. The van der Waals surface area contributed by atoms with Gasteiger partial charge in [0.2, 0.25) is 0 Å². The number of nitrogens with one attached hydrogen (secondary N) is 2. The summed E-state index contributed by atoms with van der Waals surface area (Å²) in [6.07, 6.45) is 6.34. The molecule has 1 aliphatic carbocycles. The van der Waals surface area contributed by atoms with Crippen molar-refractivity contribution >= 4 is 6.03 Å². The van der Waals surface area contributed by atoms with E-state index in [0.717, 1.165) is 6.54 Å². The Bertz CT molecular complexity index is 268. The fourth-order valence-corrected chi connectivity index (χ4v) is 1.61. The van der Waals surface area contributed by atoms with Gasteiger partial charge in [-0.25, -0.2) is 4.79 Å². The van der Waals surface area contributed by atoms with Crippen LogP contribution in [0.4, 0.5) is 4.79 Å². The smallest absolute Gasteiger partial charge is 0.315 e. The Kier molecular flexibility index (Phi) is 1.64. The first-order valence-corrected chi connectivity index (χ1v) is 4.17. The molecule has 12 heavy (non-hydrogen) atoms. The minimum Gasteiger partial charge on any atom is -0.337 e. The van der Waals surface area contributed by atoms with E-state index in [0.29, 0.717) is 5.92 Å². The Balaban J connectivity index is 2.16. The molecular weight excluding hydrogens is 152 g/mol. The molecule has 3 heteroatoms. The standard InChI is InChI=1S/C9H12N2O/c1-6-2-3-7-5-10-9(12)11-8(7)4-6/h2-4,7-8H,5H2,1H3,(H2,10,11,12). The lowest BCUT2D eigenvalue weighted by molar-refractivity contribution is 0.226. The molecule has 2 aliphatic rings. The average Bonchev–Trinajstić information content (AvgIpc) is 2.03. The Morgan fingerprint density at radius 3 is 3.25 bits per heavy atom. The maximum Gasteiger partial charge on any atom is 0.315 e. The molecule has 1 fully saturated rings. The summed E-state index contributed by atoms with van der Waals surface area (Å²) in [4.78, 5) is 10.9. The molecular formula is C9H12N2O. The Morgan fingerprint density at radius 1 is 1.58 bits per heavy atom. The molecule has 0 saturated carbocycles. The number of urea groups is 1. The highest BCUT2D eigenvalue weighted by Crippen LogP contribution is 2.17. The van der Waals surface area contributed by atoms with Crippen LogP contribution in [-0.2, 0) is 0 Å². The molecule has 2 atom stereocenters. The number of fused-ring (bicyclic) bond motifs is 1. The van der Waals surface area contributed by atoms with Crippen LogP contribution < -0.4 is 10.6 Å². The first kappa shape index (κ1) is 7.40. The quantitative estimate of drug-likeness (QED) is 0.546. The first-order chi connectivity index (χ1) is 5.75. The summed E-state index contributed by atoms with van der Waals surface area (Å²) in [5, 5.41) is 5.64. The third kappa shape index (κ3) is 1.22. The highest BCUT2D eigenvalue weighted by Gasteiger charge is 2.26. The topological polar surface area (TPSA) is 41.1 Å². The van der Waals surface area contributed by atoms with Crippen LogP contribution in [0.25, 0.3) is 0 Å². The maximum atomic E-state index is 10.9. The van der Waals surface area contributed by atoms with E-state index in [9.17, 15) is 4.79 Å². The lowest BCUT2D eigenvalue weighted by Gasteiger charge is -2.31. The lowest BCUT2D eigenvalue weighted by atomic mass is 9.91. The van der Waals surface area contributed by atoms with Gasteiger partial charge in [-0.2, -0.15) is 0 Å². The van der Waals surface area contributed by atoms with Crippen LogP contribution in [0.5, 0.6) is 0 Å². The second-order valence-corrected chi connectivity index (χ2v) is 3.31. The zero-order chi connectivity index (χ0) is 8.55. The predicted molar refractivity (Wildman–Crippen MR) is 46.7 cm³/mol. The van der Waals surface area contributed by atoms with Crippen LogP contribution in [0, 0.1) is 5.92 Å². The normalized spacial score (nSPS) is 33.1. The van der Waals surface area contributed by atoms with Crippen molar-refractivity contribution in [1.82, 2.24) is 10.6 Å². The molecule has 0 aromatic heterocycles. The van der Waals surface area contributed by atoms with E-state index < -0.39 is 0 Å². The van der Waals surface area contributed by atoms with Crippen LogP contribution in [0.1, 0.15) is 6.92 Å². The molecule has 0 radical (unpaired) electrons. The maximum absolute atomic E-state index is 10.9. The van der Waals surface area contributed by atoms with E-state index in [2.05, 4.69) is 28.9 Å². The molecule has 2 amide bonds. The predicted octanol–water partition coefficient (Wildman–Crippen LogP) is 0.800. The van der Waals surface area contributed by atoms with Crippen LogP contribution in [0.3, 0.4) is 0 Å². The molecule has 1 heterocycles. The van der Waals surface area contributed by atoms with Crippen molar-refractivity contribution in [2.45, 2.75) is 13.0 Å². The number of amides is 2. The molecule has 0 spiro atoms. The monoisotopic (exact) mass is 164 g/mol. The van der Waals surface area contributed by atoms with Crippen molar-refractivity contribution in [3.63, 3.8) is 0 Å². The van der Waals surface area contributed by atoms with Gasteiger partial charge >= 0.3 is 6.03 Å². The van der Waals surface area contributed by atoms with Crippen molar-refractivity contribution in [2.24, 2.45) is 5.92 Å². The average molecular weight is 164 g/mol. The number of rotatable bonds is 0. The summed E-state index contributed by atoms with van der Waals surface area (Å²) in [5.41, 5.74) is 1.22. The van der Waals surface area contributed by atoms with Gasteiger partial charge in [0, 0.05) is 12.5 Å². The highest BCUT2D eigenvalue weighted by molar-refractivity contribution is 5.75. The minimum atomic E-state index is -0.0596. The number of carbonyl (C=O) groups is 1. The third-order valence-corrected chi connectivity index (χ3v) is 2.31. The van der Waals surface area contributed by atoms with E-state index in [1.807, 2.05) is 6.92 Å². The molecule has 0 aromatic rings. The molecule has 0 aromatic carbocycles. The van der Waals surface area contributed by atoms with Gasteiger partial charge in [0.15, 0.2) is 0 Å². The van der Waals surface area contributed by atoms with Gasteiger partial charge in [-0.1, -0.05) is 23.8 Å². The molecule has 3 nitrogen and oxygen atoms in total. The van der Waals surface area contributed by atoms with E-state index in [1.165, 1.54) is 5.57 Å². The van der Waals surface area contributed by atoms with Crippen molar-refractivity contribution in [2.75, 3.05) is 6.54 Å². The highest BCUT2D eigenvalue weighted by atomic mass is 16.2. The van der Waals surface area contributed by atoms with Gasteiger partial charge < -0.3 is 10.6 Å². The summed E-state index contributed by atoms with van der Waals surface area (Å²) in [6.45, 7) is 2.79. The van der Waals surface area contributed by atoms with Crippen molar-refractivity contribution in [3.8, 4) is 0 Å². The van der Waals surface area contributed by atoms with E-state index in [-0.39, 0.29) is 12.1 Å². The molecule has 1 saturated heterocycles. The van der Waals surface area contributed by atoms with Gasteiger partial charge in [0.05, 0.1) is 6.04 Å². The molecule has 2 unspecified atom stereocenters. The van der Waals surface area contributed by atoms with Crippen molar-refractivity contribution in [1.29, 1.82) is 0 Å². The van der Waals surface area contributed by atoms with Crippen LogP contribution in [0.15, 0.2) is 23.8 Å². The van der Waals surface area contributed by atoms with Gasteiger partial charge in [0.1, 0.15) is 0 Å². The largest absolute Gasteiger partial charge is 0.337 e. The van der Waals surface area contributed by atoms with Crippen LogP contribution in [-0.4, -0.2) is 18.6 Å². The summed E-state index contributed by atoms with van der Waals surface area (Å²) in [5.74, 6) is 0.423. The van der Waals surface area contributed by atoms with Crippen LogP contribution in [0.2, 0.25) is 0 Å². The Labute approximate surface area is 71.5 Å². The summed E-state index contributed by atoms with van der Waals surface area (Å²) >= 11 is 0. The molecule has 1 aliphatic heterocycles. The van der Waals surface area contributed by atoms with Gasteiger partial charge in [-0.3, -0.25) is 0 Å². The number of hydrogen-bond donors (Lipinski definition) is 2. The lowest BCUT2D eigenvalue weighted by Crippen LogP contribution is -2.54. The SMILES string of the molecule is CC1=CC2NC(=O)NCC2C=C1. The third-order valence-electron chi connectivity index (χ3n) is 2.31. The number of carbonyl (C=O) groups excluding carboxylic acids is 1. The van der Waals surface area contributed by atoms with E-state index in [1.54, 1.807) is 0 Å². The summed E-state index contributed by atoms with van der Waals surface area (Å²) < 4.78 is 0. The second kappa shape index (κ2) is 2.66. The van der Waals surface area contributed by atoms with Gasteiger partial charge in [-0.05, 0) is 6.92 Å². The minimum absolute atomic E-state index is 0.0596. The Hall–Kier alpha value is -1.25. The molecule has 64 valence electrons. The first-order valence-electron chi connectivity index (χ1n) is 4.17. The molecule has 2 rings (SSSR count). The fourth-order valence-electron chi connectivity index (χ4n) is 1.61. The summed E-state index contributed by atoms with van der Waals surface area (Å²) in [7, 11) is 0.